The van der Waals surface area contributed by atoms with E-state index < -0.39 is 0 Å². The topological polar surface area (TPSA) is 8.17 Å². The van der Waals surface area contributed by atoms with Crippen LogP contribution < -0.4 is 4.90 Å². The summed E-state index contributed by atoms with van der Waals surface area (Å²) in [7, 11) is 0. The van der Waals surface area contributed by atoms with Gasteiger partial charge >= 0.3 is 0 Å². The lowest BCUT2D eigenvalue weighted by Crippen LogP contribution is -2.38. The zero-order chi connectivity index (χ0) is 40.2. The van der Waals surface area contributed by atoms with Gasteiger partial charge < -0.3 is 9.47 Å². The zero-order valence-electron chi connectivity index (χ0n) is 34.0. The number of aromatic nitrogens is 1. The Bertz CT molecular complexity index is 3160. The van der Waals surface area contributed by atoms with Crippen LogP contribution in [0.15, 0.2) is 206 Å². The number of hydrogen-bond acceptors (Lipinski definition) is 1. The Labute approximate surface area is 352 Å². The zero-order valence-corrected chi connectivity index (χ0v) is 34.0. The highest BCUT2D eigenvalue weighted by atomic mass is 15.2. The minimum Gasteiger partial charge on any atom is -0.333 e. The van der Waals surface area contributed by atoms with E-state index in [4.69, 9.17) is 0 Å². The van der Waals surface area contributed by atoms with Crippen LogP contribution in [0, 0.1) is 11.8 Å². The fourth-order valence-corrected chi connectivity index (χ4v) is 10.0. The number of fused-ring (bicyclic) bond motifs is 6. The van der Waals surface area contributed by atoms with E-state index in [1.54, 1.807) is 0 Å². The minimum atomic E-state index is -0.00120. The third kappa shape index (κ3) is 6.10. The van der Waals surface area contributed by atoms with Crippen LogP contribution >= 0.6 is 0 Å². The lowest BCUT2D eigenvalue weighted by molar-refractivity contribution is 0.623. The summed E-state index contributed by atoms with van der Waals surface area (Å²) in [6.07, 6.45) is 12.7. The fraction of sp³-hybridized carbons (Fsp3) is 0.103. The predicted octanol–water partition coefficient (Wildman–Crippen LogP) is 15.3. The molecule has 288 valence electrons. The van der Waals surface area contributed by atoms with Gasteiger partial charge in [0.1, 0.15) is 0 Å². The van der Waals surface area contributed by atoms with Gasteiger partial charge in [-0.15, -0.1) is 0 Å². The molecule has 0 radical (unpaired) electrons. The van der Waals surface area contributed by atoms with Crippen molar-refractivity contribution in [1.29, 1.82) is 0 Å². The predicted molar refractivity (Wildman–Crippen MR) is 256 cm³/mol. The van der Waals surface area contributed by atoms with E-state index in [1.807, 2.05) is 0 Å². The number of nitrogens with zero attached hydrogens (tertiary/aromatic N) is 2. The highest BCUT2D eigenvalue weighted by Crippen LogP contribution is 2.45. The average Bonchev–Trinajstić information content (AvgIpc) is 3.62. The van der Waals surface area contributed by atoms with E-state index in [2.05, 4.69) is 236 Å². The summed E-state index contributed by atoms with van der Waals surface area (Å²) in [6.45, 7) is 4.70. The van der Waals surface area contributed by atoms with Crippen molar-refractivity contribution in [2.24, 2.45) is 11.8 Å². The van der Waals surface area contributed by atoms with Gasteiger partial charge in [0.15, 0.2) is 0 Å². The largest absolute Gasteiger partial charge is 0.333 e. The van der Waals surface area contributed by atoms with Gasteiger partial charge in [-0.1, -0.05) is 190 Å². The van der Waals surface area contributed by atoms with Crippen molar-refractivity contribution in [3.05, 3.63) is 223 Å². The van der Waals surface area contributed by atoms with Gasteiger partial charge in [-0.2, -0.15) is 0 Å². The van der Waals surface area contributed by atoms with Crippen LogP contribution in [0.3, 0.4) is 0 Å². The first kappa shape index (κ1) is 36.0. The minimum absolute atomic E-state index is 0.00120. The lowest BCUT2D eigenvalue weighted by atomic mass is 9.81. The molecule has 0 amide bonds. The van der Waals surface area contributed by atoms with E-state index in [-0.39, 0.29) is 12.0 Å². The monoisotopic (exact) mass is 770 g/mol. The fourth-order valence-electron chi connectivity index (χ4n) is 10.0. The molecule has 2 aliphatic carbocycles. The highest BCUT2D eigenvalue weighted by Gasteiger charge is 2.33. The van der Waals surface area contributed by atoms with Crippen molar-refractivity contribution >= 4 is 55.5 Å². The Morgan fingerprint density at radius 2 is 1.20 bits per heavy atom. The summed E-state index contributed by atoms with van der Waals surface area (Å²) in [4.78, 5) is 2.63. The van der Waals surface area contributed by atoms with Gasteiger partial charge in [0.2, 0.25) is 0 Å². The second-order valence-corrected chi connectivity index (χ2v) is 16.6. The normalized spacial score (nSPS) is 17.2. The lowest BCUT2D eigenvalue weighted by Gasteiger charge is -2.40. The molecule has 0 fully saturated rings. The second-order valence-electron chi connectivity index (χ2n) is 16.6. The SMILES string of the molecule is CC1C=Cc2c(n(-c3ccccc3)c3cc(N(c4cccc(-c5cccc6c5ccc5ccccc56)c4)C4C(c5ccccc5-c5ccccc5)=CC=CC4C)ccc23)C1. The molecule has 2 heteroatoms. The van der Waals surface area contributed by atoms with Crippen LogP contribution in [0.5, 0.6) is 0 Å². The van der Waals surface area contributed by atoms with Crippen LogP contribution in [-0.4, -0.2) is 10.6 Å². The van der Waals surface area contributed by atoms with E-state index in [0.717, 1.165) is 12.1 Å². The van der Waals surface area contributed by atoms with Crippen molar-refractivity contribution in [1.82, 2.24) is 4.57 Å². The van der Waals surface area contributed by atoms with Crippen LogP contribution in [0.4, 0.5) is 11.4 Å². The van der Waals surface area contributed by atoms with Gasteiger partial charge in [0.05, 0.1) is 11.6 Å². The molecule has 60 heavy (non-hydrogen) atoms. The van der Waals surface area contributed by atoms with Crippen LogP contribution in [0.1, 0.15) is 30.7 Å². The van der Waals surface area contributed by atoms with Crippen molar-refractivity contribution in [2.45, 2.75) is 26.3 Å². The molecular weight excluding hydrogens is 725 g/mol. The first-order chi connectivity index (χ1) is 29.6. The average molecular weight is 771 g/mol. The number of allylic oxidation sites excluding steroid dienone is 3. The maximum atomic E-state index is 2.63. The molecule has 11 rings (SSSR count). The molecule has 3 atom stereocenters. The maximum absolute atomic E-state index is 2.63. The van der Waals surface area contributed by atoms with Gasteiger partial charge in [0.25, 0.3) is 0 Å². The van der Waals surface area contributed by atoms with Crippen molar-refractivity contribution in [2.75, 3.05) is 4.90 Å². The van der Waals surface area contributed by atoms with Crippen LogP contribution in [0.25, 0.3) is 72.0 Å². The van der Waals surface area contributed by atoms with E-state index in [0.29, 0.717) is 5.92 Å². The van der Waals surface area contributed by atoms with Gasteiger partial charge in [0, 0.05) is 33.7 Å². The summed E-state index contributed by atoms with van der Waals surface area (Å²) >= 11 is 0. The van der Waals surface area contributed by atoms with Crippen molar-refractivity contribution < 1.29 is 0 Å². The quantitative estimate of drug-likeness (QED) is 0.147. The summed E-state index contributed by atoms with van der Waals surface area (Å²) in [5, 5.41) is 6.38. The van der Waals surface area contributed by atoms with Gasteiger partial charge in [-0.3, -0.25) is 0 Å². The molecule has 0 spiro atoms. The Morgan fingerprint density at radius 3 is 2.07 bits per heavy atom. The Balaban J connectivity index is 1.15. The third-order valence-corrected chi connectivity index (χ3v) is 12.8. The summed E-state index contributed by atoms with van der Waals surface area (Å²) < 4.78 is 2.52. The number of anilines is 2. The van der Waals surface area contributed by atoms with Gasteiger partial charge in [-0.25, -0.2) is 0 Å². The number of para-hydroxylation sites is 1. The molecular formula is C58H46N2. The molecule has 2 aliphatic rings. The first-order valence-corrected chi connectivity index (χ1v) is 21.3. The molecule has 3 unspecified atom stereocenters. The molecule has 9 aromatic rings. The van der Waals surface area contributed by atoms with Crippen LogP contribution in [0.2, 0.25) is 0 Å². The van der Waals surface area contributed by atoms with Crippen molar-refractivity contribution in [3.8, 4) is 27.9 Å². The number of rotatable bonds is 7. The highest BCUT2D eigenvalue weighted by molar-refractivity contribution is 6.12. The Morgan fingerprint density at radius 1 is 0.517 bits per heavy atom. The number of benzene rings is 8. The van der Waals surface area contributed by atoms with Gasteiger partial charge in [-0.05, 0) is 110 Å². The molecule has 0 aliphatic heterocycles. The second kappa shape index (κ2) is 14.9. The molecule has 2 nitrogen and oxygen atoms in total. The Hall–Kier alpha value is -7.16. The molecule has 1 heterocycles. The summed E-state index contributed by atoms with van der Waals surface area (Å²) in [5.41, 5.74) is 15.0. The molecule has 1 aromatic heterocycles. The smallest absolute Gasteiger partial charge is 0.0657 e. The van der Waals surface area contributed by atoms with Crippen molar-refractivity contribution in [3.63, 3.8) is 0 Å². The summed E-state index contributed by atoms with van der Waals surface area (Å²) in [5.74, 6) is 0.678. The van der Waals surface area contributed by atoms with E-state index in [9.17, 15) is 0 Å². The molecule has 0 saturated carbocycles. The third-order valence-electron chi connectivity index (χ3n) is 12.8. The standard InChI is InChI=1S/C58H46N2/c1-39-30-33-53-54-35-32-46(38-57(54)60(56(53)36-39)44-21-7-4-8-22-44)59(58-40(2)16-13-29-55(58)51-26-12-11-25-47(51)41-17-5-3-6-18-41)45-23-14-20-43(37-45)49-27-15-28-50-48-24-10-9-19-42(48)31-34-52(49)50/h3-35,37-40,58H,36H2,1-2H3. The molecule has 8 aromatic carbocycles. The van der Waals surface area contributed by atoms with E-state index >= 15 is 0 Å². The van der Waals surface area contributed by atoms with E-state index in [1.165, 1.54) is 88.5 Å². The van der Waals surface area contributed by atoms with Crippen LogP contribution in [-0.2, 0) is 6.42 Å². The molecule has 0 bridgehead atoms. The maximum Gasteiger partial charge on any atom is 0.0657 e. The molecule has 0 N–H and O–H groups in total. The first-order valence-electron chi connectivity index (χ1n) is 21.3. The molecule has 0 saturated heterocycles. The number of hydrogen-bond donors (Lipinski definition) is 0. The summed E-state index contributed by atoms with van der Waals surface area (Å²) in [6, 6.07) is 67.2. The Kier molecular flexibility index (Phi) is 8.93.